The van der Waals surface area contributed by atoms with E-state index in [0.717, 1.165) is 19.4 Å². The second kappa shape index (κ2) is 4.21. The fourth-order valence-corrected chi connectivity index (χ4v) is 1.40. The fourth-order valence-electron chi connectivity index (χ4n) is 1.40. The van der Waals surface area contributed by atoms with Crippen LogP contribution in [0.4, 0.5) is 0 Å². The number of rotatable bonds is 3. The Labute approximate surface area is 74.1 Å². The number of hydrogen-bond donors (Lipinski definition) is 2. The molecule has 1 aliphatic rings. The molecule has 1 unspecified atom stereocenters. The second-order valence-electron chi connectivity index (χ2n) is 3.86. The third kappa shape index (κ3) is 3.09. The minimum Gasteiger partial charge on any atom is -0.386 e. The summed E-state index contributed by atoms with van der Waals surface area (Å²) in [5.41, 5.74) is -0.622. The molecule has 0 bridgehead atoms. The second-order valence-corrected chi connectivity index (χ2v) is 3.86. The summed E-state index contributed by atoms with van der Waals surface area (Å²) in [6, 6.07) is 0. The van der Waals surface area contributed by atoms with E-state index in [1.807, 2.05) is 13.8 Å². The van der Waals surface area contributed by atoms with Gasteiger partial charge >= 0.3 is 0 Å². The van der Waals surface area contributed by atoms with Crippen LogP contribution in [0.25, 0.3) is 0 Å². The van der Waals surface area contributed by atoms with Gasteiger partial charge in [-0.05, 0) is 33.2 Å². The van der Waals surface area contributed by atoms with Crippen molar-refractivity contribution < 1.29 is 9.84 Å². The molecular weight excluding hydrogens is 154 g/mol. The van der Waals surface area contributed by atoms with E-state index in [9.17, 15) is 5.11 Å². The van der Waals surface area contributed by atoms with Crippen molar-refractivity contribution in [2.24, 2.45) is 0 Å². The zero-order valence-corrected chi connectivity index (χ0v) is 7.97. The highest BCUT2D eigenvalue weighted by Gasteiger charge is 2.29. The Morgan fingerprint density at radius 3 is 2.83 bits per heavy atom. The Hall–Kier alpha value is -0.120. The van der Waals surface area contributed by atoms with E-state index < -0.39 is 5.60 Å². The first kappa shape index (κ1) is 9.96. The van der Waals surface area contributed by atoms with Gasteiger partial charge in [-0.1, -0.05) is 0 Å². The lowest BCUT2D eigenvalue weighted by atomic mass is 9.95. The molecule has 1 rings (SSSR count). The van der Waals surface area contributed by atoms with Crippen LogP contribution < -0.4 is 5.32 Å². The van der Waals surface area contributed by atoms with Crippen molar-refractivity contribution in [2.75, 3.05) is 19.7 Å². The highest BCUT2D eigenvalue weighted by molar-refractivity contribution is 4.84. The topological polar surface area (TPSA) is 41.5 Å². The van der Waals surface area contributed by atoms with E-state index >= 15 is 0 Å². The van der Waals surface area contributed by atoms with Gasteiger partial charge in [-0.2, -0.15) is 0 Å². The predicted octanol–water partition coefficient (Wildman–Crippen LogP) is 0.526. The van der Waals surface area contributed by atoms with Gasteiger partial charge in [-0.25, -0.2) is 0 Å². The molecular formula is C9H19NO2. The largest absolute Gasteiger partial charge is 0.386 e. The monoisotopic (exact) mass is 173 g/mol. The fraction of sp³-hybridized carbons (Fsp3) is 1.00. The Balaban J connectivity index is 2.26. The van der Waals surface area contributed by atoms with E-state index in [4.69, 9.17) is 4.74 Å². The number of piperidine rings is 1. The maximum atomic E-state index is 9.93. The third-order valence-corrected chi connectivity index (χ3v) is 2.14. The maximum Gasteiger partial charge on any atom is 0.100 e. The summed E-state index contributed by atoms with van der Waals surface area (Å²) in [7, 11) is 0. The quantitative estimate of drug-likeness (QED) is 0.654. The van der Waals surface area contributed by atoms with Gasteiger partial charge in [0, 0.05) is 6.54 Å². The van der Waals surface area contributed by atoms with E-state index in [1.165, 1.54) is 0 Å². The van der Waals surface area contributed by atoms with Crippen LogP contribution in [-0.4, -0.2) is 36.5 Å². The Kier molecular flexibility index (Phi) is 3.50. The molecule has 1 heterocycles. The molecule has 2 N–H and O–H groups in total. The average molecular weight is 173 g/mol. The molecule has 3 nitrogen and oxygen atoms in total. The van der Waals surface area contributed by atoms with Gasteiger partial charge in [0.15, 0.2) is 0 Å². The van der Waals surface area contributed by atoms with Gasteiger partial charge in [-0.15, -0.1) is 0 Å². The number of nitrogens with one attached hydrogen (secondary N) is 1. The molecule has 0 aromatic rings. The number of β-amino-alcohol motifs (C(OH)–C–C–N with tert-alkyl or cyclic N) is 1. The van der Waals surface area contributed by atoms with Crippen LogP contribution in [0.15, 0.2) is 0 Å². The maximum absolute atomic E-state index is 9.93. The molecule has 1 atom stereocenters. The molecule has 0 radical (unpaired) electrons. The summed E-state index contributed by atoms with van der Waals surface area (Å²) in [6.07, 6.45) is 2.10. The zero-order valence-electron chi connectivity index (χ0n) is 7.97. The van der Waals surface area contributed by atoms with Crippen molar-refractivity contribution in [3.05, 3.63) is 0 Å². The molecule has 1 fully saturated rings. The smallest absolute Gasteiger partial charge is 0.100 e. The van der Waals surface area contributed by atoms with Crippen LogP contribution in [0.1, 0.15) is 26.7 Å². The van der Waals surface area contributed by atoms with Crippen molar-refractivity contribution in [1.82, 2.24) is 5.32 Å². The van der Waals surface area contributed by atoms with E-state index in [2.05, 4.69) is 5.32 Å². The summed E-state index contributed by atoms with van der Waals surface area (Å²) in [4.78, 5) is 0. The molecule has 3 heteroatoms. The first-order valence-corrected chi connectivity index (χ1v) is 4.67. The Morgan fingerprint density at radius 1 is 1.58 bits per heavy atom. The number of aliphatic hydroxyl groups is 1. The van der Waals surface area contributed by atoms with Crippen LogP contribution in [0.3, 0.4) is 0 Å². The minimum atomic E-state index is -0.622. The Morgan fingerprint density at radius 2 is 2.33 bits per heavy atom. The van der Waals surface area contributed by atoms with Crippen LogP contribution >= 0.6 is 0 Å². The van der Waals surface area contributed by atoms with Crippen LogP contribution in [0.5, 0.6) is 0 Å². The van der Waals surface area contributed by atoms with E-state index in [0.29, 0.717) is 13.2 Å². The summed E-state index contributed by atoms with van der Waals surface area (Å²) >= 11 is 0. The van der Waals surface area contributed by atoms with Gasteiger partial charge in [0.05, 0.1) is 12.7 Å². The van der Waals surface area contributed by atoms with Gasteiger partial charge in [0.25, 0.3) is 0 Å². The van der Waals surface area contributed by atoms with Crippen LogP contribution in [0.2, 0.25) is 0 Å². The predicted molar refractivity (Wildman–Crippen MR) is 48.1 cm³/mol. The minimum absolute atomic E-state index is 0.205. The van der Waals surface area contributed by atoms with E-state index in [1.54, 1.807) is 0 Å². The van der Waals surface area contributed by atoms with Crippen molar-refractivity contribution >= 4 is 0 Å². The lowest BCUT2D eigenvalue weighted by Crippen LogP contribution is -2.49. The molecule has 0 aromatic carbocycles. The molecule has 0 aromatic heterocycles. The normalized spacial score (nSPS) is 31.0. The van der Waals surface area contributed by atoms with Gasteiger partial charge < -0.3 is 15.2 Å². The highest BCUT2D eigenvalue weighted by atomic mass is 16.5. The molecule has 1 saturated heterocycles. The van der Waals surface area contributed by atoms with Crippen molar-refractivity contribution in [2.45, 2.75) is 38.4 Å². The van der Waals surface area contributed by atoms with Gasteiger partial charge in [0.2, 0.25) is 0 Å². The standard InChI is InChI=1S/C9H19NO2/c1-8(2)12-7-9(11)4-3-5-10-6-9/h8,10-11H,3-7H2,1-2H3. The molecule has 0 amide bonds. The van der Waals surface area contributed by atoms with Gasteiger partial charge in [-0.3, -0.25) is 0 Å². The zero-order chi connectivity index (χ0) is 9.03. The summed E-state index contributed by atoms with van der Waals surface area (Å²) in [5, 5.41) is 13.1. The molecule has 1 aliphatic heterocycles. The van der Waals surface area contributed by atoms with E-state index in [-0.39, 0.29) is 6.10 Å². The summed E-state index contributed by atoms with van der Waals surface area (Å²) < 4.78 is 5.39. The van der Waals surface area contributed by atoms with Crippen molar-refractivity contribution in [3.8, 4) is 0 Å². The highest BCUT2D eigenvalue weighted by Crippen LogP contribution is 2.16. The lowest BCUT2D eigenvalue weighted by Gasteiger charge is -2.32. The van der Waals surface area contributed by atoms with Gasteiger partial charge in [0.1, 0.15) is 5.60 Å². The molecule has 0 saturated carbocycles. The first-order chi connectivity index (χ1) is 5.62. The number of hydrogen-bond acceptors (Lipinski definition) is 3. The van der Waals surface area contributed by atoms with Crippen LogP contribution in [0, 0.1) is 0 Å². The first-order valence-electron chi connectivity index (χ1n) is 4.67. The lowest BCUT2D eigenvalue weighted by molar-refractivity contribution is -0.0753. The average Bonchev–Trinajstić information content (AvgIpc) is 2.03. The molecule has 72 valence electrons. The summed E-state index contributed by atoms with van der Waals surface area (Å²) in [6.45, 7) is 6.11. The van der Waals surface area contributed by atoms with Crippen LogP contribution in [-0.2, 0) is 4.74 Å². The molecule has 0 aliphatic carbocycles. The molecule has 12 heavy (non-hydrogen) atoms. The summed E-state index contributed by atoms with van der Waals surface area (Å²) in [5.74, 6) is 0. The van der Waals surface area contributed by atoms with Crippen molar-refractivity contribution in [1.29, 1.82) is 0 Å². The Bertz CT molecular complexity index is 130. The third-order valence-electron chi connectivity index (χ3n) is 2.14. The van der Waals surface area contributed by atoms with Crippen molar-refractivity contribution in [3.63, 3.8) is 0 Å². The molecule has 0 spiro atoms. The SMILES string of the molecule is CC(C)OCC1(O)CCCNC1. The number of ether oxygens (including phenoxy) is 1.